The summed E-state index contributed by atoms with van der Waals surface area (Å²) in [5, 5.41) is 16.6. The summed E-state index contributed by atoms with van der Waals surface area (Å²) in [7, 11) is -4.99. The quantitative estimate of drug-likeness (QED) is 0.120. The number of carbonyl (C=O) groups is 4. The number of hydrogen-bond acceptors (Lipinski definition) is 12. The number of cyclic esters (lactones) is 1. The zero-order valence-electron chi connectivity index (χ0n) is 17.1. The van der Waals surface area contributed by atoms with Crippen LogP contribution in [-0.4, -0.2) is 99.2 Å². The Bertz CT molecular complexity index is 1190. The van der Waals surface area contributed by atoms with Gasteiger partial charge in [0.2, 0.25) is 5.60 Å². The minimum Gasteiger partial charge on any atom is -0.478 e. The molecule has 5 N–H and O–H groups in total. The van der Waals surface area contributed by atoms with Gasteiger partial charge in [0.1, 0.15) is 18.3 Å². The molecular weight excluding hydrogens is 500 g/mol. The van der Waals surface area contributed by atoms with E-state index in [9.17, 15) is 37.3 Å². The first-order chi connectivity index (χ1) is 15.9. The van der Waals surface area contributed by atoms with Gasteiger partial charge in [-0.1, -0.05) is 5.16 Å². The Morgan fingerprint density at radius 1 is 1.41 bits per heavy atom. The molecule has 1 aromatic heterocycles. The predicted molar refractivity (Wildman–Crippen MR) is 111 cm³/mol. The second kappa shape index (κ2) is 8.37. The first-order valence-corrected chi connectivity index (χ1v) is 11.9. The smallest absolute Gasteiger partial charge is 0.410 e. The molecule has 3 amide bonds. The summed E-state index contributed by atoms with van der Waals surface area (Å²) in [6.07, 6.45) is -0.423. The van der Waals surface area contributed by atoms with E-state index in [4.69, 9.17) is 15.3 Å². The fraction of sp³-hybridized carbons (Fsp3) is 0.500. The Kier molecular flexibility index (Phi) is 5.82. The molecule has 4 rings (SSSR count). The number of nitrogens with one attached hydrogen (secondary N) is 1. The minimum absolute atomic E-state index is 0.0487. The van der Waals surface area contributed by atoms with Crippen molar-refractivity contribution in [2.24, 2.45) is 5.16 Å². The zero-order valence-corrected chi connectivity index (χ0v) is 18.7. The van der Waals surface area contributed by atoms with Crippen molar-refractivity contribution in [1.82, 2.24) is 19.5 Å². The SMILES string of the molecule is Nc1nc(C(=NOC2(C(=O)O)CC2)C(=O)N[C@@H]2C(=O)N(S(=O)(=O)O)[C@@H]2CN2CCOC2=O)cs1. The van der Waals surface area contributed by atoms with E-state index in [0.717, 1.165) is 16.2 Å². The van der Waals surface area contributed by atoms with E-state index in [1.807, 2.05) is 0 Å². The molecule has 3 fully saturated rings. The molecule has 1 saturated carbocycles. The van der Waals surface area contributed by atoms with Gasteiger partial charge < -0.3 is 30.6 Å². The summed E-state index contributed by atoms with van der Waals surface area (Å²) < 4.78 is 37.6. The summed E-state index contributed by atoms with van der Waals surface area (Å²) >= 11 is 0.959. The zero-order chi connectivity index (χ0) is 24.8. The molecular formula is C16H18N6O10S2. The van der Waals surface area contributed by atoms with Crippen LogP contribution in [0, 0.1) is 0 Å². The van der Waals surface area contributed by atoms with Crippen molar-refractivity contribution < 1.29 is 46.8 Å². The van der Waals surface area contributed by atoms with E-state index >= 15 is 0 Å². The van der Waals surface area contributed by atoms with Gasteiger partial charge in [-0.05, 0) is 0 Å². The number of hydrogen-bond donors (Lipinski definition) is 4. The third-order valence-corrected chi connectivity index (χ3v) is 6.96. The number of carbonyl (C=O) groups excluding carboxylic acids is 3. The number of anilines is 1. The molecule has 184 valence electrons. The molecule has 3 aliphatic rings. The lowest BCUT2D eigenvalue weighted by atomic mass is 9.97. The number of carboxylic acids is 1. The topological polar surface area (TPSA) is 231 Å². The highest BCUT2D eigenvalue weighted by Gasteiger charge is 2.56. The molecule has 0 spiro atoms. The normalized spacial score (nSPS) is 23.9. The van der Waals surface area contributed by atoms with Crippen LogP contribution in [0.2, 0.25) is 0 Å². The van der Waals surface area contributed by atoms with Gasteiger partial charge in [0.25, 0.3) is 11.8 Å². The fourth-order valence-electron chi connectivity index (χ4n) is 3.36. The summed E-state index contributed by atoms with van der Waals surface area (Å²) in [4.78, 5) is 58.6. The highest BCUT2D eigenvalue weighted by atomic mass is 32.2. The van der Waals surface area contributed by atoms with Crippen LogP contribution >= 0.6 is 11.3 Å². The number of nitrogens with zero attached hydrogens (tertiary/aromatic N) is 4. The highest BCUT2D eigenvalue weighted by Crippen LogP contribution is 2.40. The Balaban J connectivity index is 1.57. The number of amides is 3. The average Bonchev–Trinajstić information content (AvgIpc) is 3.26. The first kappa shape index (κ1) is 23.6. The van der Waals surface area contributed by atoms with Gasteiger partial charge in [0.15, 0.2) is 10.8 Å². The Morgan fingerprint density at radius 2 is 2.12 bits per heavy atom. The number of rotatable bonds is 9. The molecule has 0 bridgehead atoms. The second-order valence-corrected chi connectivity index (χ2v) is 9.77. The van der Waals surface area contributed by atoms with Gasteiger partial charge in [-0.15, -0.1) is 11.3 Å². The minimum atomic E-state index is -4.99. The first-order valence-electron chi connectivity index (χ1n) is 9.67. The third-order valence-electron chi connectivity index (χ3n) is 5.34. The van der Waals surface area contributed by atoms with E-state index in [2.05, 4.69) is 15.5 Å². The number of aliphatic carboxylic acids is 1. The lowest BCUT2D eigenvalue weighted by Gasteiger charge is -2.45. The number of nitrogen functional groups attached to an aromatic ring is 1. The summed E-state index contributed by atoms with van der Waals surface area (Å²) in [5.41, 5.74) is 3.44. The molecule has 34 heavy (non-hydrogen) atoms. The van der Waals surface area contributed by atoms with E-state index in [1.54, 1.807) is 0 Å². The second-order valence-electron chi connectivity index (χ2n) is 7.59. The summed E-state index contributed by atoms with van der Waals surface area (Å²) in [6.45, 7) is -0.198. The van der Waals surface area contributed by atoms with Gasteiger partial charge in [-0.2, -0.15) is 8.42 Å². The molecule has 18 heteroatoms. The maximum atomic E-state index is 13.0. The van der Waals surface area contributed by atoms with Crippen molar-refractivity contribution in [3.05, 3.63) is 11.1 Å². The van der Waals surface area contributed by atoms with Crippen molar-refractivity contribution in [3.8, 4) is 0 Å². The standard InChI is InChI=1S/C16H18N6O10S2/c17-14-18-7(6-33-14)9(20-32-16(1-2-16)13(25)26)11(23)19-10-8(5-21-3-4-31-15(21)27)22(12(10)24)34(28,29)30/h6,8,10H,1-5H2,(H2,17,18)(H,19,23)(H,25,26)(H,28,29,30)/t8-,10+/m1/s1. The average molecular weight is 518 g/mol. The van der Waals surface area contributed by atoms with Gasteiger partial charge in [0.05, 0.1) is 12.6 Å². The summed E-state index contributed by atoms with van der Waals surface area (Å²) in [6, 6.07) is -2.81. The number of carboxylic acid groups (broad SMARTS) is 1. The lowest BCUT2D eigenvalue weighted by Crippen LogP contribution is -2.74. The third kappa shape index (κ3) is 4.33. The van der Waals surface area contributed by atoms with Crippen LogP contribution in [0.5, 0.6) is 0 Å². The van der Waals surface area contributed by atoms with Crippen LogP contribution in [0.15, 0.2) is 10.5 Å². The molecule has 0 radical (unpaired) electrons. The van der Waals surface area contributed by atoms with Crippen LogP contribution in [0.25, 0.3) is 0 Å². The molecule has 2 saturated heterocycles. The lowest BCUT2D eigenvalue weighted by molar-refractivity contribution is -0.153. The Labute approximate surface area is 195 Å². The van der Waals surface area contributed by atoms with Crippen LogP contribution in [-0.2, 0) is 34.3 Å². The molecule has 0 unspecified atom stereocenters. The number of aromatic nitrogens is 1. The predicted octanol–water partition coefficient (Wildman–Crippen LogP) is -1.99. The van der Waals surface area contributed by atoms with Crippen molar-refractivity contribution in [2.75, 3.05) is 25.4 Å². The highest BCUT2D eigenvalue weighted by molar-refractivity contribution is 7.84. The Morgan fingerprint density at radius 3 is 2.62 bits per heavy atom. The molecule has 1 aromatic rings. The van der Waals surface area contributed by atoms with Crippen LogP contribution in [0.3, 0.4) is 0 Å². The van der Waals surface area contributed by atoms with Gasteiger partial charge in [-0.3, -0.25) is 14.1 Å². The van der Waals surface area contributed by atoms with Gasteiger partial charge >= 0.3 is 22.4 Å². The van der Waals surface area contributed by atoms with E-state index in [1.165, 1.54) is 5.38 Å². The van der Waals surface area contributed by atoms with E-state index in [0.29, 0.717) is 0 Å². The van der Waals surface area contributed by atoms with Crippen LogP contribution < -0.4 is 11.1 Å². The van der Waals surface area contributed by atoms with Crippen molar-refractivity contribution in [2.45, 2.75) is 30.5 Å². The maximum absolute atomic E-state index is 13.0. The monoisotopic (exact) mass is 518 g/mol. The van der Waals surface area contributed by atoms with Crippen LogP contribution in [0.1, 0.15) is 18.5 Å². The number of ether oxygens (including phenoxy) is 1. The Hall–Kier alpha value is -3.51. The molecule has 3 heterocycles. The molecule has 2 aliphatic heterocycles. The molecule has 1 aliphatic carbocycles. The molecule has 2 atom stereocenters. The fourth-order valence-corrected chi connectivity index (χ4v) is 4.78. The van der Waals surface area contributed by atoms with Gasteiger partial charge in [-0.25, -0.2) is 18.9 Å². The molecule has 16 nitrogen and oxygen atoms in total. The van der Waals surface area contributed by atoms with E-state index < -0.39 is 57.6 Å². The number of nitrogens with two attached hydrogens (primary N) is 1. The molecule has 0 aromatic carbocycles. The van der Waals surface area contributed by atoms with Crippen molar-refractivity contribution >= 4 is 56.4 Å². The van der Waals surface area contributed by atoms with Gasteiger partial charge in [0, 0.05) is 24.8 Å². The largest absolute Gasteiger partial charge is 0.478 e. The van der Waals surface area contributed by atoms with Crippen molar-refractivity contribution in [3.63, 3.8) is 0 Å². The summed E-state index contributed by atoms with van der Waals surface area (Å²) in [5.74, 6) is -3.48. The number of β-lactam (4-membered cyclic amide) rings is 1. The van der Waals surface area contributed by atoms with E-state index in [-0.39, 0.29) is 47.7 Å². The number of oxime groups is 1. The van der Waals surface area contributed by atoms with Crippen molar-refractivity contribution in [1.29, 1.82) is 0 Å². The van der Waals surface area contributed by atoms with Crippen LogP contribution in [0.4, 0.5) is 9.93 Å². The maximum Gasteiger partial charge on any atom is 0.410 e. The number of thiazole rings is 1.